The molecule has 3 rings (SSSR count). The molecule has 29 heavy (non-hydrogen) atoms. The predicted molar refractivity (Wildman–Crippen MR) is 124 cm³/mol. The van der Waals surface area contributed by atoms with E-state index in [4.69, 9.17) is 9.47 Å². The van der Waals surface area contributed by atoms with Gasteiger partial charge in [0.25, 0.3) is 5.91 Å². The first-order chi connectivity index (χ1) is 13.8. The number of nitrogens with one attached hydrogen (secondary N) is 3. The predicted octanol–water partition coefficient (Wildman–Crippen LogP) is 2.56. The van der Waals surface area contributed by atoms with Crippen molar-refractivity contribution < 1.29 is 14.3 Å². The van der Waals surface area contributed by atoms with Gasteiger partial charge in [-0.2, -0.15) is 0 Å². The second-order valence-corrected chi connectivity index (χ2v) is 6.34. The normalized spacial score (nSPS) is 12.1. The maximum Gasteiger partial charge on any atom is 0.251 e. The number of carbonyl (C=O) groups excluding carboxylic acids is 1. The van der Waals surface area contributed by atoms with Gasteiger partial charge >= 0.3 is 0 Å². The van der Waals surface area contributed by atoms with E-state index in [-0.39, 0.29) is 29.9 Å². The lowest BCUT2D eigenvalue weighted by atomic mass is 10.1. The molecule has 156 valence electrons. The minimum atomic E-state index is -0.0492. The molecule has 8 heteroatoms. The van der Waals surface area contributed by atoms with Crippen LogP contribution in [0.4, 0.5) is 0 Å². The topological polar surface area (TPSA) is 84.0 Å². The van der Waals surface area contributed by atoms with Gasteiger partial charge in [-0.1, -0.05) is 24.3 Å². The van der Waals surface area contributed by atoms with Crippen LogP contribution in [0.5, 0.6) is 11.5 Å². The van der Waals surface area contributed by atoms with E-state index in [2.05, 4.69) is 20.9 Å². The van der Waals surface area contributed by atoms with E-state index in [1.165, 1.54) is 5.56 Å². The van der Waals surface area contributed by atoms with Crippen LogP contribution in [0, 0.1) is 0 Å². The number of rotatable bonds is 8. The van der Waals surface area contributed by atoms with Crippen LogP contribution >= 0.6 is 24.0 Å². The largest absolute Gasteiger partial charge is 0.454 e. The Morgan fingerprint density at radius 1 is 0.966 bits per heavy atom. The highest BCUT2D eigenvalue weighted by molar-refractivity contribution is 14.0. The third-order valence-corrected chi connectivity index (χ3v) is 4.33. The molecular weight excluding hydrogens is 483 g/mol. The summed E-state index contributed by atoms with van der Waals surface area (Å²) in [7, 11) is 1.74. The number of ether oxygens (including phenoxy) is 2. The summed E-state index contributed by atoms with van der Waals surface area (Å²) in [5.41, 5.74) is 1.85. The second kappa shape index (κ2) is 12.2. The van der Waals surface area contributed by atoms with E-state index in [0.717, 1.165) is 43.4 Å². The quantitative estimate of drug-likeness (QED) is 0.220. The third-order valence-electron chi connectivity index (χ3n) is 4.33. The van der Waals surface area contributed by atoms with Crippen LogP contribution in [-0.4, -0.2) is 45.3 Å². The number of halogens is 1. The molecule has 0 saturated heterocycles. The highest BCUT2D eigenvalue weighted by Gasteiger charge is 2.12. The molecule has 0 spiro atoms. The van der Waals surface area contributed by atoms with E-state index in [1.807, 2.05) is 36.4 Å². The Bertz CT molecular complexity index is 815. The average Bonchev–Trinajstić information content (AvgIpc) is 3.20. The number of nitrogens with zero attached hydrogens (tertiary/aromatic N) is 1. The fourth-order valence-electron chi connectivity index (χ4n) is 2.83. The van der Waals surface area contributed by atoms with Crippen molar-refractivity contribution in [2.24, 2.45) is 4.99 Å². The molecule has 0 fully saturated rings. The number of aliphatic imine (C=N–C) groups is 1. The molecule has 2 aromatic carbocycles. The first-order valence-electron chi connectivity index (χ1n) is 9.42. The van der Waals surface area contributed by atoms with Gasteiger partial charge < -0.3 is 25.4 Å². The average molecular weight is 510 g/mol. The first kappa shape index (κ1) is 22.8. The standard InChI is InChI=1S/C21H26N4O3.HI/c1-22-21(24-12-5-11-23-20(26)17-6-3-2-4-7-17)25-13-10-16-8-9-18-19(14-16)28-15-27-18;/h2-4,6-9,14H,5,10-13,15H2,1H3,(H,23,26)(H2,22,24,25);1H. The van der Waals surface area contributed by atoms with Gasteiger partial charge in [-0.3, -0.25) is 9.79 Å². The summed E-state index contributed by atoms with van der Waals surface area (Å²) in [6.07, 6.45) is 1.66. The van der Waals surface area contributed by atoms with Crippen molar-refractivity contribution in [1.29, 1.82) is 0 Å². The van der Waals surface area contributed by atoms with Crippen LogP contribution in [-0.2, 0) is 6.42 Å². The zero-order valence-electron chi connectivity index (χ0n) is 16.4. The highest BCUT2D eigenvalue weighted by Crippen LogP contribution is 2.32. The third kappa shape index (κ3) is 7.12. The van der Waals surface area contributed by atoms with Crippen LogP contribution in [0.2, 0.25) is 0 Å². The number of carbonyl (C=O) groups is 1. The van der Waals surface area contributed by atoms with Crippen molar-refractivity contribution in [3.63, 3.8) is 0 Å². The molecule has 3 N–H and O–H groups in total. The van der Waals surface area contributed by atoms with Gasteiger partial charge in [-0.15, -0.1) is 24.0 Å². The molecule has 1 aliphatic rings. The number of benzene rings is 2. The molecule has 0 saturated carbocycles. The van der Waals surface area contributed by atoms with Gasteiger partial charge in [0.15, 0.2) is 17.5 Å². The molecule has 1 amide bonds. The number of guanidine groups is 1. The maximum atomic E-state index is 12.0. The number of hydrogen-bond donors (Lipinski definition) is 3. The minimum absolute atomic E-state index is 0. The zero-order chi connectivity index (χ0) is 19.6. The Morgan fingerprint density at radius 3 is 2.48 bits per heavy atom. The van der Waals surface area contributed by atoms with Crippen molar-refractivity contribution in [2.75, 3.05) is 33.5 Å². The number of hydrogen-bond acceptors (Lipinski definition) is 4. The summed E-state index contributed by atoms with van der Waals surface area (Å²) in [5, 5.41) is 9.46. The summed E-state index contributed by atoms with van der Waals surface area (Å²) in [6.45, 7) is 2.37. The molecule has 0 atom stereocenters. The smallest absolute Gasteiger partial charge is 0.251 e. The van der Waals surface area contributed by atoms with E-state index < -0.39 is 0 Å². The van der Waals surface area contributed by atoms with Crippen molar-refractivity contribution in [3.05, 3.63) is 59.7 Å². The monoisotopic (exact) mass is 510 g/mol. The van der Waals surface area contributed by atoms with Gasteiger partial charge in [0.1, 0.15) is 0 Å². The van der Waals surface area contributed by atoms with Gasteiger partial charge in [0.05, 0.1) is 0 Å². The van der Waals surface area contributed by atoms with Crippen molar-refractivity contribution in [3.8, 4) is 11.5 Å². The molecular formula is C21H27IN4O3. The lowest BCUT2D eigenvalue weighted by molar-refractivity contribution is 0.0953. The summed E-state index contributed by atoms with van der Waals surface area (Å²) >= 11 is 0. The van der Waals surface area contributed by atoms with Crippen LogP contribution in [0.15, 0.2) is 53.5 Å². The number of fused-ring (bicyclic) bond motifs is 1. The lowest BCUT2D eigenvalue weighted by Gasteiger charge is -2.12. The Kier molecular flexibility index (Phi) is 9.55. The molecule has 1 aliphatic heterocycles. The van der Waals surface area contributed by atoms with Crippen molar-refractivity contribution in [1.82, 2.24) is 16.0 Å². The van der Waals surface area contributed by atoms with Crippen molar-refractivity contribution >= 4 is 35.8 Å². The van der Waals surface area contributed by atoms with Crippen LogP contribution in [0.25, 0.3) is 0 Å². The summed E-state index contributed by atoms with van der Waals surface area (Å²) in [4.78, 5) is 16.2. The van der Waals surface area contributed by atoms with Crippen LogP contribution in [0.3, 0.4) is 0 Å². The maximum absolute atomic E-state index is 12.0. The zero-order valence-corrected chi connectivity index (χ0v) is 18.8. The van der Waals surface area contributed by atoms with Gasteiger partial charge in [0, 0.05) is 32.2 Å². The fourth-order valence-corrected chi connectivity index (χ4v) is 2.83. The SMILES string of the molecule is CN=C(NCCCNC(=O)c1ccccc1)NCCc1ccc2c(c1)OCO2.I. The lowest BCUT2D eigenvalue weighted by Crippen LogP contribution is -2.39. The van der Waals surface area contributed by atoms with E-state index in [0.29, 0.717) is 18.9 Å². The minimum Gasteiger partial charge on any atom is -0.454 e. The Labute approximate surface area is 188 Å². The summed E-state index contributed by atoms with van der Waals surface area (Å²) in [5.74, 6) is 2.30. The molecule has 7 nitrogen and oxygen atoms in total. The van der Waals surface area contributed by atoms with Crippen molar-refractivity contribution in [2.45, 2.75) is 12.8 Å². The summed E-state index contributed by atoms with van der Waals surface area (Å²) in [6, 6.07) is 15.2. The first-order valence-corrected chi connectivity index (χ1v) is 9.42. The Hall–Kier alpha value is -2.49. The molecule has 2 aromatic rings. The molecule has 0 unspecified atom stereocenters. The Balaban J connectivity index is 0.00000300. The molecule has 0 bridgehead atoms. The summed E-state index contributed by atoms with van der Waals surface area (Å²) < 4.78 is 10.7. The molecule has 0 radical (unpaired) electrons. The van der Waals surface area contributed by atoms with Gasteiger partial charge in [-0.25, -0.2) is 0 Å². The molecule has 0 aliphatic carbocycles. The van der Waals surface area contributed by atoms with E-state index in [1.54, 1.807) is 19.2 Å². The van der Waals surface area contributed by atoms with E-state index in [9.17, 15) is 4.79 Å². The highest BCUT2D eigenvalue weighted by atomic mass is 127. The van der Waals surface area contributed by atoms with E-state index >= 15 is 0 Å². The fraction of sp³-hybridized carbons (Fsp3) is 0.333. The second-order valence-electron chi connectivity index (χ2n) is 6.34. The van der Waals surface area contributed by atoms with Crippen LogP contribution < -0.4 is 25.4 Å². The molecule has 0 aromatic heterocycles. The van der Waals surface area contributed by atoms with Gasteiger partial charge in [0.2, 0.25) is 6.79 Å². The molecule has 1 heterocycles. The van der Waals surface area contributed by atoms with Crippen LogP contribution in [0.1, 0.15) is 22.3 Å². The number of amides is 1. The Morgan fingerprint density at radius 2 is 1.69 bits per heavy atom. The van der Waals surface area contributed by atoms with Gasteiger partial charge in [-0.05, 0) is 42.7 Å².